The number of benzene rings is 2. The van der Waals surface area contributed by atoms with Gasteiger partial charge >= 0.3 is 0 Å². The number of nitrogens with zero attached hydrogens (tertiary/aromatic N) is 2. The average molecular weight is 445 g/mol. The molecule has 2 aromatic rings. The van der Waals surface area contributed by atoms with Crippen LogP contribution in [0.5, 0.6) is 5.75 Å². The number of amides is 1. The molecule has 1 unspecified atom stereocenters. The van der Waals surface area contributed by atoms with E-state index in [9.17, 15) is 18.4 Å². The lowest BCUT2D eigenvalue weighted by Gasteiger charge is -2.24. The van der Waals surface area contributed by atoms with Crippen LogP contribution >= 0.6 is 0 Å². The smallest absolute Gasteiger partial charge is 0.233 e. The van der Waals surface area contributed by atoms with Crippen LogP contribution in [0.2, 0.25) is 0 Å². The number of ether oxygens (including phenoxy) is 1. The third-order valence-electron chi connectivity index (χ3n) is 4.80. The summed E-state index contributed by atoms with van der Waals surface area (Å²) >= 11 is 0. The van der Waals surface area contributed by atoms with Crippen molar-refractivity contribution in [1.82, 2.24) is 9.96 Å². The maximum atomic E-state index is 13.0. The van der Waals surface area contributed by atoms with E-state index in [1.165, 1.54) is 12.1 Å². The molecule has 166 valence electrons. The fourth-order valence-corrected chi connectivity index (χ4v) is 4.46. The molecule has 1 N–H and O–H groups in total. The van der Waals surface area contributed by atoms with E-state index in [-0.39, 0.29) is 17.9 Å². The highest BCUT2D eigenvalue weighted by atomic mass is 32.2. The maximum Gasteiger partial charge on any atom is 0.233 e. The fourth-order valence-electron chi connectivity index (χ4n) is 2.96. The molecule has 0 aromatic heterocycles. The zero-order valence-corrected chi connectivity index (χ0v) is 18.8. The van der Waals surface area contributed by atoms with Gasteiger partial charge in [-0.05, 0) is 55.9 Å². The molecule has 0 saturated carbocycles. The van der Waals surface area contributed by atoms with Crippen molar-refractivity contribution in [3.05, 3.63) is 59.7 Å². The van der Waals surface area contributed by atoms with Gasteiger partial charge in [-0.1, -0.05) is 37.1 Å². The Kier molecular flexibility index (Phi) is 9.06. The van der Waals surface area contributed by atoms with Crippen molar-refractivity contribution in [2.24, 2.45) is 0 Å². The number of hydrogen-bond donors (Lipinski definition) is 1. The number of sulfone groups is 1. The highest BCUT2D eigenvalue weighted by Crippen LogP contribution is 2.26. The first kappa shape index (κ1) is 24.4. The standard InChI is InChI=1S/C23H28N2O5S/c1-4-6-14-30-21-10-12-22(13-11-21)31(28,29)17-23(25(27)18-26)20-9-7-8-19(15-20)16-24(3)5-2/h7-13,15,18,23,27H,5,14,16-17H2,1-3H3. The molecule has 0 saturated heterocycles. The molecule has 0 aliphatic heterocycles. The maximum absolute atomic E-state index is 13.0. The first-order chi connectivity index (χ1) is 14.8. The summed E-state index contributed by atoms with van der Waals surface area (Å²) in [7, 11) is -1.83. The normalized spacial score (nSPS) is 12.0. The number of rotatable bonds is 11. The van der Waals surface area contributed by atoms with Gasteiger partial charge in [0.1, 0.15) is 12.4 Å². The molecular weight excluding hydrogens is 416 g/mol. The molecule has 0 radical (unpaired) electrons. The second-order valence-corrected chi connectivity index (χ2v) is 9.08. The zero-order valence-electron chi connectivity index (χ0n) is 18.0. The summed E-state index contributed by atoms with van der Waals surface area (Å²) in [6, 6.07) is 12.2. The van der Waals surface area contributed by atoms with Crippen molar-refractivity contribution in [1.29, 1.82) is 0 Å². The van der Waals surface area contributed by atoms with Crippen LogP contribution in [0, 0.1) is 11.8 Å². The van der Waals surface area contributed by atoms with Gasteiger partial charge in [-0.2, -0.15) is 0 Å². The predicted octanol–water partition coefficient (Wildman–Crippen LogP) is 2.90. The Labute approximate surface area is 184 Å². The fraction of sp³-hybridized carbons (Fsp3) is 0.348. The Bertz CT molecular complexity index is 1030. The Morgan fingerprint density at radius 3 is 2.52 bits per heavy atom. The van der Waals surface area contributed by atoms with E-state index in [0.29, 0.717) is 22.9 Å². The van der Waals surface area contributed by atoms with E-state index < -0.39 is 21.6 Å². The van der Waals surface area contributed by atoms with Gasteiger partial charge in [0.2, 0.25) is 6.41 Å². The number of hydroxylamine groups is 2. The Morgan fingerprint density at radius 1 is 1.19 bits per heavy atom. The third kappa shape index (κ3) is 7.10. The van der Waals surface area contributed by atoms with Crippen LogP contribution in [-0.4, -0.2) is 56.0 Å². The minimum absolute atomic E-state index is 0.0765. The highest BCUT2D eigenvalue weighted by molar-refractivity contribution is 7.91. The van der Waals surface area contributed by atoms with Gasteiger partial charge in [0.15, 0.2) is 9.84 Å². The topological polar surface area (TPSA) is 87.2 Å². The largest absolute Gasteiger partial charge is 0.481 e. The first-order valence-corrected chi connectivity index (χ1v) is 11.5. The van der Waals surface area contributed by atoms with Crippen molar-refractivity contribution < 1.29 is 23.2 Å². The SMILES string of the molecule is CC#CCOc1ccc(S(=O)(=O)CC(c2cccc(CN(C)CC)c2)N(O)C=O)cc1. The average Bonchev–Trinajstić information content (AvgIpc) is 2.77. The van der Waals surface area contributed by atoms with Crippen LogP contribution < -0.4 is 4.74 Å². The molecule has 0 fully saturated rings. The van der Waals surface area contributed by atoms with E-state index >= 15 is 0 Å². The predicted molar refractivity (Wildman–Crippen MR) is 118 cm³/mol. The van der Waals surface area contributed by atoms with Crippen LogP contribution in [0.15, 0.2) is 53.4 Å². The summed E-state index contributed by atoms with van der Waals surface area (Å²) in [4.78, 5) is 13.4. The Hall–Kier alpha value is -2.86. The number of hydrogen-bond acceptors (Lipinski definition) is 6. The molecule has 31 heavy (non-hydrogen) atoms. The van der Waals surface area contributed by atoms with E-state index in [2.05, 4.69) is 16.7 Å². The van der Waals surface area contributed by atoms with Gasteiger partial charge < -0.3 is 9.64 Å². The molecule has 7 nitrogen and oxygen atoms in total. The highest BCUT2D eigenvalue weighted by Gasteiger charge is 2.27. The Balaban J connectivity index is 2.26. The molecule has 0 aliphatic carbocycles. The lowest BCUT2D eigenvalue weighted by molar-refractivity contribution is -0.158. The summed E-state index contributed by atoms with van der Waals surface area (Å²) < 4.78 is 31.4. The molecule has 0 aliphatic rings. The lowest BCUT2D eigenvalue weighted by Crippen LogP contribution is -2.30. The van der Waals surface area contributed by atoms with E-state index in [0.717, 1.165) is 12.1 Å². The minimum atomic E-state index is -3.80. The van der Waals surface area contributed by atoms with Crippen molar-refractivity contribution in [3.63, 3.8) is 0 Å². The van der Waals surface area contributed by atoms with Crippen molar-refractivity contribution in [3.8, 4) is 17.6 Å². The van der Waals surface area contributed by atoms with Crippen LogP contribution in [-0.2, 0) is 21.2 Å². The molecular formula is C23H28N2O5S. The van der Waals surface area contributed by atoms with Gasteiger partial charge in [0, 0.05) is 6.54 Å². The summed E-state index contributed by atoms with van der Waals surface area (Å²) in [6.07, 6.45) is 0.219. The van der Waals surface area contributed by atoms with Crippen LogP contribution in [0.1, 0.15) is 31.0 Å². The molecule has 8 heteroatoms. The van der Waals surface area contributed by atoms with Gasteiger partial charge in [0.05, 0.1) is 16.7 Å². The quantitative estimate of drug-likeness (QED) is 0.248. The second kappa shape index (κ2) is 11.5. The summed E-state index contributed by atoms with van der Waals surface area (Å²) in [6.45, 7) is 5.48. The molecule has 2 aromatic carbocycles. The van der Waals surface area contributed by atoms with Crippen LogP contribution in [0.4, 0.5) is 0 Å². The second-order valence-electron chi connectivity index (χ2n) is 7.04. The molecule has 0 bridgehead atoms. The molecule has 1 amide bonds. The molecule has 0 spiro atoms. The van der Waals surface area contributed by atoms with Crippen molar-refractivity contribution in [2.75, 3.05) is 26.0 Å². The molecule has 0 heterocycles. The van der Waals surface area contributed by atoms with E-state index in [4.69, 9.17) is 4.74 Å². The van der Waals surface area contributed by atoms with Crippen LogP contribution in [0.3, 0.4) is 0 Å². The number of carbonyl (C=O) groups is 1. The number of carbonyl (C=O) groups excluding carboxylic acids is 1. The minimum Gasteiger partial charge on any atom is -0.481 e. The van der Waals surface area contributed by atoms with Gasteiger partial charge in [-0.25, -0.2) is 13.5 Å². The molecule has 2 rings (SSSR count). The Morgan fingerprint density at radius 2 is 1.90 bits per heavy atom. The van der Waals surface area contributed by atoms with Gasteiger partial charge in [0.25, 0.3) is 0 Å². The first-order valence-electron chi connectivity index (χ1n) is 9.85. The molecule has 1 atom stereocenters. The van der Waals surface area contributed by atoms with E-state index in [1.54, 1.807) is 31.2 Å². The van der Waals surface area contributed by atoms with Gasteiger partial charge in [-0.15, -0.1) is 5.92 Å². The summed E-state index contributed by atoms with van der Waals surface area (Å²) in [5.41, 5.74) is 1.50. The van der Waals surface area contributed by atoms with E-state index in [1.807, 2.05) is 26.1 Å². The van der Waals surface area contributed by atoms with Crippen molar-refractivity contribution >= 4 is 16.2 Å². The summed E-state index contributed by atoms with van der Waals surface area (Å²) in [5.74, 6) is 5.52. The van der Waals surface area contributed by atoms with Gasteiger partial charge in [-0.3, -0.25) is 10.0 Å². The summed E-state index contributed by atoms with van der Waals surface area (Å²) in [5, 5.41) is 10.5. The lowest BCUT2D eigenvalue weighted by atomic mass is 10.0. The zero-order chi connectivity index (χ0) is 22.9. The monoisotopic (exact) mass is 444 g/mol. The third-order valence-corrected chi connectivity index (χ3v) is 6.55. The van der Waals surface area contributed by atoms with Crippen LogP contribution in [0.25, 0.3) is 0 Å². The van der Waals surface area contributed by atoms with Crippen molar-refractivity contribution in [2.45, 2.75) is 31.3 Å².